The lowest BCUT2D eigenvalue weighted by molar-refractivity contribution is 0.0248. The highest BCUT2D eigenvalue weighted by molar-refractivity contribution is 7.91. The first-order valence-electron chi connectivity index (χ1n) is 6.95. The molecule has 0 aliphatic carbocycles. The summed E-state index contributed by atoms with van der Waals surface area (Å²) in [6, 6.07) is 4.30. The standard InChI is InChI=1S/C15H19NO5S/c1-5-22(19,20)11-6-7-12-10(8-11)9-16(13(12)17)14(18)21-15(2,3)4/h6-8H,5,9H2,1-4H3. The molecule has 1 heterocycles. The molecule has 0 spiro atoms. The van der Waals surface area contributed by atoms with Crippen LogP contribution < -0.4 is 0 Å². The third-order valence-corrected chi connectivity index (χ3v) is 4.97. The summed E-state index contributed by atoms with van der Waals surface area (Å²) in [7, 11) is -3.35. The number of imide groups is 1. The first-order valence-corrected chi connectivity index (χ1v) is 8.61. The number of hydrogen-bond donors (Lipinski definition) is 0. The molecule has 0 unspecified atom stereocenters. The van der Waals surface area contributed by atoms with E-state index in [1.807, 2.05) is 0 Å². The molecule has 1 aromatic carbocycles. The molecule has 2 amide bonds. The molecule has 0 bridgehead atoms. The smallest absolute Gasteiger partial charge is 0.417 e. The number of nitrogens with zero attached hydrogens (tertiary/aromatic N) is 1. The molecule has 1 aromatic rings. The second-order valence-corrected chi connectivity index (χ2v) is 8.37. The van der Waals surface area contributed by atoms with Crippen LogP contribution in [0.4, 0.5) is 4.79 Å². The molecule has 120 valence electrons. The Kier molecular flexibility index (Phi) is 4.04. The molecular weight excluding hydrogens is 306 g/mol. The fraction of sp³-hybridized carbons (Fsp3) is 0.467. The van der Waals surface area contributed by atoms with Crippen molar-refractivity contribution in [3.05, 3.63) is 29.3 Å². The topological polar surface area (TPSA) is 80.8 Å². The molecule has 0 fully saturated rings. The van der Waals surface area contributed by atoms with E-state index in [0.717, 1.165) is 4.90 Å². The minimum Gasteiger partial charge on any atom is -0.443 e. The molecular formula is C15H19NO5S. The third-order valence-electron chi connectivity index (χ3n) is 3.23. The molecule has 7 heteroatoms. The van der Waals surface area contributed by atoms with Gasteiger partial charge in [-0.25, -0.2) is 18.1 Å². The first kappa shape index (κ1) is 16.5. The maximum Gasteiger partial charge on any atom is 0.417 e. The fourth-order valence-corrected chi connectivity index (χ4v) is 3.05. The lowest BCUT2D eigenvalue weighted by Gasteiger charge is -2.23. The minimum atomic E-state index is -3.35. The average molecular weight is 325 g/mol. The zero-order chi connectivity index (χ0) is 16.7. The lowest BCUT2D eigenvalue weighted by atomic mass is 10.1. The van der Waals surface area contributed by atoms with E-state index in [9.17, 15) is 18.0 Å². The second kappa shape index (κ2) is 5.39. The van der Waals surface area contributed by atoms with E-state index in [-0.39, 0.29) is 17.2 Å². The van der Waals surface area contributed by atoms with Gasteiger partial charge in [-0.2, -0.15) is 0 Å². The van der Waals surface area contributed by atoms with Gasteiger partial charge >= 0.3 is 6.09 Å². The van der Waals surface area contributed by atoms with Crippen molar-refractivity contribution in [3.63, 3.8) is 0 Å². The van der Waals surface area contributed by atoms with Crippen molar-refractivity contribution in [1.82, 2.24) is 4.90 Å². The van der Waals surface area contributed by atoms with Gasteiger partial charge in [0.25, 0.3) is 5.91 Å². The molecule has 2 rings (SSSR count). The summed E-state index contributed by atoms with van der Waals surface area (Å²) >= 11 is 0. The van der Waals surface area contributed by atoms with Crippen molar-refractivity contribution in [1.29, 1.82) is 0 Å². The van der Waals surface area contributed by atoms with Gasteiger partial charge in [0.15, 0.2) is 9.84 Å². The van der Waals surface area contributed by atoms with Crippen molar-refractivity contribution in [3.8, 4) is 0 Å². The molecule has 22 heavy (non-hydrogen) atoms. The third kappa shape index (κ3) is 3.14. The van der Waals surface area contributed by atoms with Crippen molar-refractivity contribution in [2.24, 2.45) is 0 Å². The van der Waals surface area contributed by atoms with E-state index in [0.29, 0.717) is 11.1 Å². The number of fused-ring (bicyclic) bond motifs is 1. The van der Waals surface area contributed by atoms with Crippen molar-refractivity contribution < 1.29 is 22.7 Å². The van der Waals surface area contributed by atoms with Crippen LogP contribution in [0.2, 0.25) is 0 Å². The zero-order valence-corrected chi connectivity index (χ0v) is 13.9. The molecule has 1 aliphatic rings. The largest absolute Gasteiger partial charge is 0.443 e. The van der Waals surface area contributed by atoms with Crippen LogP contribution in [-0.2, 0) is 21.1 Å². The first-order chi connectivity index (χ1) is 10.0. The molecule has 0 aromatic heterocycles. The summed E-state index contributed by atoms with van der Waals surface area (Å²) in [5.41, 5.74) is 0.148. The van der Waals surface area contributed by atoms with Crippen LogP contribution in [0.25, 0.3) is 0 Å². The number of hydrogen-bond acceptors (Lipinski definition) is 5. The van der Waals surface area contributed by atoms with E-state index < -0.39 is 27.4 Å². The predicted octanol–water partition coefficient (Wildman–Crippen LogP) is 2.37. The van der Waals surface area contributed by atoms with Gasteiger partial charge in [0.1, 0.15) is 5.60 Å². The number of benzene rings is 1. The summed E-state index contributed by atoms with van der Waals surface area (Å²) < 4.78 is 29.0. The highest BCUT2D eigenvalue weighted by atomic mass is 32.2. The van der Waals surface area contributed by atoms with Crippen LogP contribution >= 0.6 is 0 Å². The molecule has 6 nitrogen and oxygen atoms in total. The number of carbonyl (C=O) groups excluding carboxylic acids is 2. The molecule has 0 saturated carbocycles. The van der Waals surface area contributed by atoms with Gasteiger partial charge in [-0.05, 0) is 44.5 Å². The monoisotopic (exact) mass is 325 g/mol. The van der Waals surface area contributed by atoms with Gasteiger partial charge in [-0.1, -0.05) is 6.92 Å². The summed E-state index contributed by atoms with van der Waals surface area (Å²) in [6.45, 7) is 6.72. The average Bonchev–Trinajstić information content (AvgIpc) is 2.74. The lowest BCUT2D eigenvalue weighted by Crippen LogP contribution is -2.36. The fourth-order valence-electron chi connectivity index (χ4n) is 2.12. The summed E-state index contributed by atoms with van der Waals surface area (Å²) in [5.74, 6) is -0.486. The Hall–Kier alpha value is -1.89. The van der Waals surface area contributed by atoms with Gasteiger partial charge < -0.3 is 4.74 Å². The maximum absolute atomic E-state index is 12.2. The molecule has 0 radical (unpaired) electrons. The summed E-state index contributed by atoms with van der Waals surface area (Å²) in [4.78, 5) is 25.4. The summed E-state index contributed by atoms with van der Waals surface area (Å²) in [6.07, 6.45) is -0.728. The van der Waals surface area contributed by atoms with Gasteiger partial charge in [0.05, 0.1) is 17.2 Å². The van der Waals surface area contributed by atoms with Gasteiger partial charge in [-0.15, -0.1) is 0 Å². The Morgan fingerprint density at radius 2 is 1.95 bits per heavy atom. The summed E-state index contributed by atoms with van der Waals surface area (Å²) in [5, 5.41) is 0. The van der Waals surface area contributed by atoms with Crippen molar-refractivity contribution in [2.45, 2.75) is 44.7 Å². The van der Waals surface area contributed by atoms with Gasteiger partial charge in [0.2, 0.25) is 0 Å². The molecule has 0 N–H and O–H groups in total. The number of rotatable bonds is 2. The van der Waals surface area contributed by atoms with Crippen LogP contribution in [0.15, 0.2) is 23.1 Å². The number of amides is 2. The normalized spacial score (nSPS) is 14.9. The van der Waals surface area contributed by atoms with Crippen LogP contribution in [0.1, 0.15) is 43.6 Å². The highest BCUT2D eigenvalue weighted by Gasteiger charge is 2.35. The molecule has 0 atom stereocenters. The molecule has 0 saturated heterocycles. The quantitative estimate of drug-likeness (QED) is 0.834. The van der Waals surface area contributed by atoms with E-state index >= 15 is 0 Å². The maximum atomic E-state index is 12.2. The highest BCUT2D eigenvalue weighted by Crippen LogP contribution is 2.27. The predicted molar refractivity (Wildman–Crippen MR) is 80.3 cm³/mol. The Bertz CT molecular complexity index is 731. The van der Waals surface area contributed by atoms with Crippen LogP contribution in [-0.4, -0.2) is 36.7 Å². The van der Waals surface area contributed by atoms with Gasteiger partial charge in [-0.3, -0.25) is 4.79 Å². The Morgan fingerprint density at radius 1 is 1.32 bits per heavy atom. The SMILES string of the molecule is CCS(=O)(=O)c1ccc2c(c1)CN(C(=O)OC(C)(C)C)C2=O. The van der Waals surface area contributed by atoms with Gasteiger partial charge in [0, 0.05) is 5.56 Å². The molecule has 1 aliphatic heterocycles. The van der Waals surface area contributed by atoms with Crippen molar-refractivity contribution >= 4 is 21.8 Å². The second-order valence-electron chi connectivity index (χ2n) is 6.09. The van der Waals surface area contributed by atoms with E-state index in [2.05, 4.69) is 0 Å². The number of sulfone groups is 1. The van der Waals surface area contributed by atoms with E-state index in [1.165, 1.54) is 18.2 Å². The van der Waals surface area contributed by atoms with E-state index in [1.54, 1.807) is 27.7 Å². The van der Waals surface area contributed by atoms with Crippen LogP contribution in [0.3, 0.4) is 0 Å². The van der Waals surface area contributed by atoms with Crippen LogP contribution in [0.5, 0.6) is 0 Å². The minimum absolute atomic E-state index is 0.0183. The number of ether oxygens (including phenoxy) is 1. The Labute approximate surface area is 130 Å². The van der Waals surface area contributed by atoms with Crippen molar-refractivity contribution in [2.75, 3.05) is 5.75 Å². The van der Waals surface area contributed by atoms with E-state index in [4.69, 9.17) is 4.74 Å². The Balaban J connectivity index is 2.30. The number of carbonyl (C=O) groups is 2. The zero-order valence-electron chi connectivity index (χ0n) is 13.0. The van der Waals surface area contributed by atoms with Crippen LogP contribution in [0, 0.1) is 0 Å². The Morgan fingerprint density at radius 3 is 2.50 bits per heavy atom.